The molecule has 3 aromatic carbocycles. The summed E-state index contributed by atoms with van der Waals surface area (Å²) in [6.07, 6.45) is 0. The summed E-state index contributed by atoms with van der Waals surface area (Å²) in [5.74, 6) is 3.06. The van der Waals surface area contributed by atoms with E-state index in [9.17, 15) is 0 Å². The number of nitrogens with zero attached hydrogens (tertiary/aromatic N) is 2. The first-order valence-corrected chi connectivity index (χ1v) is 7.87. The first kappa shape index (κ1) is 15.5. The van der Waals surface area contributed by atoms with Crippen molar-refractivity contribution in [1.29, 1.82) is 0 Å². The van der Waals surface area contributed by atoms with E-state index >= 15 is 0 Å². The highest BCUT2D eigenvalue weighted by molar-refractivity contribution is 5.75. The second kappa shape index (κ2) is 5.48. The highest BCUT2D eigenvalue weighted by Gasteiger charge is 2.24. The second-order valence-corrected chi connectivity index (χ2v) is 5.97. The summed E-state index contributed by atoms with van der Waals surface area (Å²) < 4.78 is 12.3. The number of benzene rings is 3. The van der Waals surface area contributed by atoms with Crippen molar-refractivity contribution in [3.05, 3.63) is 70.4 Å². The van der Waals surface area contributed by atoms with Crippen LogP contribution in [0.2, 0.25) is 0 Å². The first-order chi connectivity index (χ1) is 11.7. The summed E-state index contributed by atoms with van der Waals surface area (Å²) >= 11 is 0. The Bertz CT molecular complexity index is 1050. The quantitative estimate of drug-likeness (QED) is 0.403. The molecule has 0 saturated heterocycles. The molecule has 2 aliphatic rings. The van der Waals surface area contributed by atoms with Crippen molar-refractivity contribution < 1.29 is 9.47 Å². The fourth-order valence-corrected chi connectivity index (χ4v) is 3.16. The molecule has 0 spiro atoms. The van der Waals surface area contributed by atoms with E-state index in [0.717, 1.165) is 56.2 Å². The van der Waals surface area contributed by atoms with Crippen molar-refractivity contribution in [2.45, 2.75) is 13.8 Å². The monoisotopic (exact) mass is 325 g/mol. The molecule has 2 aliphatic heterocycles. The van der Waals surface area contributed by atoms with Gasteiger partial charge in [0.25, 0.3) is 0 Å². The van der Waals surface area contributed by atoms with Crippen LogP contribution in [0.1, 0.15) is 11.1 Å². The van der Waals surface area contributed by atoms with E-state index in [4.69, 9.17) is 19.5 Å². The Kier molecular flexibility index (Phi) is 3.39. The van der Waals surface area contributed by atoms with Crippen LogP contribution in [0.15, 0.2) is 58.5 Å². The molecular formula is C20H14BN2O2. The predicted molar refractivity (Wildman–Crippen MR) is 96.3 cm³/mol. The van der Waals surface area contributed by atoms with Gasteiger partial charge in [-0.15, -0.1) is 0 Å². The number of hydrogen-bond donors (Lipinski definition) is 0. The van der Waals surface area contributed by atoms with Gasteiger partial charge in [-0.05, 0) is 38.1 Å². The number of fused-ring (bicyclic) bond motifs is 4. The lowest BCUT2D eigenvalue weighted by Gasteiger charge is -2.22. The summed E-state index contributed by atoms with van der Waals surface area (Å²) in [5, 5.41) is 1.64. The second-order valence-electron chi connectivity index (χ2n) is 5.97. The predicted octanol–water partition coefficient (Wildman–Crippen LogP) is 4.04. The summed E-state index contributed by atoms with van der Waals surface area (Å²) in [6.45, 7) is 4.00. The third kappa shape index (κ3) is 2.16. The van der Waals surface area contributed by atoms with Gasteiger partial charge in [0.05, 0.1) is 0 Å². The van der Waals surface area contributed by atoms with Gasteiger partial charge in [0, 0.05) is 19.5 Å². The summed E-state index contributed by atoms with van der Waals surface area (Å²) in [4.78, 5) is 9.57. The molecule has 0 fully saturated rings. The topological polar surface area (TPSA) is 43.2 Å². The Hall–Kier alpha value is -3.08. The zero-order valence-electron chi connectivity index (χ0n) is 13.9. The molecule has 5 heteroatoms. The minimum absolute atomic E-state index is 0. The van der Waals surface area contributed by atoms with Crippen molar-refractivity contribution in [2.24, 2.45) is 9.98 Å². The maximum Gasteiger partial charge on any atom is 0.158 e. The van der Waals surface area contributed by atoms with Crippen LogP contribution in [0.3, 0.4) is 0 Å². The van der Waals surface area contributed by atoms with Gasteiger partial charge in [-0.25, -0.2) is 9.98 Å². The molecule has 0 saturated carbocycles. The Morgan fingerprint density at radius 2 is 1.04 bits per heavy atom. The smallest absolute Gasteiger partial charge is 0.158 e. The highest BCUT2D eigenvalue weighted by atomic mass is 16.5. The standard InChI is InChI=1S/C20H14N2O2.B/c1-11-17-20(24-16-10-6-3-7-13(16)21-17)12(2)18-19(11)23-15-9-5-4-8-14(15)22-18;/h3-10H,1-2H3;. The maximum atomic E-state index is 6.13. The molecule has 0 aromatic heterocycles. The average molecular weight is 325 g/mol. The first-order valence-electron chi connectivity index (χ1n) is 7.87. The molecule has 119 valence electrons. The number of rotatable bonds is 0. The molecule has 0 amide bonds. The average Bonchev–Trinajstić information content (AvgIpc) is 2.64. The molecule has 3 radical (unpaired) electrons. The highest BCUT2D eigenvalue weighted by Crippen LogP contribution is 2.39. The van der Waals surface area contributed by atoms with Gasteiger partial charge >= 0.3 is 0 Å². The van der Waals surface area contributed by atoms with E-state index in [0.29, 0.717) is 0 Å². The van der Waals surface area contributed by atoms with Gasteiger partial charge < -0.3 is 9.47 Å². The van der Waals surface area contributed by atoms with Crippen LogP contribution in [-0.4, -0.2) is 8.41 Å². The van der Waals surface area contributed by atoms with Crippen LogP contribution >= 0.6 is 0 Å². The van der Waals surface area contributed by atoms with Gasteiger partial charge in [0.2, 0.25) is 0 Å². The van der Waals surface area contributed by atoms with E-state index < -0.39 is 0 Å². The van der Waals surface area contributed by atoms with E-state index in [1.807, 2.05) is 62.4 Å². The van der Waals surface area contributed by atoms with Gasteiger partial charge in [-0.2, -0.15) is 0 Å². The molecule has 4 nitrogen and oxygen atoms in total. The minimum atomic E-state index is 0. The number of hydrogen-bond acceptors (Lipinski definition) is 4. The SMILES string of the molecule is Cc1c2c(c(C)c3c1=Nc1ccccc1O3)=Nc1ccccc1O2.[B]. The van der Waals surface area contributed by atoms with E-state index in [-0.39, 0.29) is 8.41 Å². The molecule has 25 heavy (non-hydrogen) atoms. The van der Waals surface area contributed by atoms with Crippen LogP contribution < -0.4 is 20.2 Å². The molecule has 0 bridgehead atoms. The maximum absolute atomic E-state index is 6.13. The fourth-order valence-electron chi connectivity index (χ4n) is 3.16. The van der Waals surface area contributed by atoms with Crippen molar-refractivity contribution in [3.63, 3.8) is 0 Å². The zero-order valence-corrected chi connectivity index (χ0v) is 13.9. The van der Waals surface area contributed by atoms with Crippen LogP contribution in [0.4, 0.5) is 11.4 Å². The van der Waals surface area contributed by atoms with Crippen molar-refractivity contribution in [3.8, 4) is 23.0 Å². The Labute approximate surface area is 147 Å². The molecule has 0 aliphatic carbocycles. The van der Waals surface area contributed by atoms with E-state index in [2.05, 4.69) is 0 Å². The lowest BCUT2D eigenvalue weighted by molar-refractivity contribution is 0.443. The van der Waals surface area contributed by atoms with Crippen molar-refractivity contribution in [2.75, 3.05) is 0 Å². The normalized spacial score (nSPS) is 12.6. The summed E-state index contributed by atoms with van der Waals surface area (Å²) in [5.41, 5.74) is 3.55. The van der Waals surface area contributed by atoms with Gasteiger partial charge in [-0.3, -0.25) is 0 Å². The number of ether oxygens (including phenoxy) is 2. The zero-order chi connectivity index (χ0) is 16.3. The summed E-state index contributed by atoms with van der Waals surface area (Å²) in [6, 6.07) is 15.6. The van der Waals surface area contributed by atoms with Gasteiger partial charge in [0.15, 0.2) is 23.0 Å². The largest absolute Gasteiger partial charge is 0.452 e. The molecule has 5 rings (SSSR count). The molecule has 0 N–H and O–H groups in total. The minimum Gasteiger partial charge on any atom is -0.452 e. The Morgan fingerprint density at radius 1 is 0.640 bits per heavy atom. The fraction of sp³-hybridized carbons (Fsp3) is 0.100. The summed E-state index contributed by atoms with van der Waals surface area (Å²) in [7, 11) is 0. The van der Waals surface area contributed by atoms with Crippen LogP contribution in [-0.2, 0) is 0 Å². The molecule has 0 unspecified atom stereocenters. The van der Waals surface area contributed by atoms with E-state index in [1.165, 1.54) is 0 Å². The third-order valence-corrected chi connectivity index (χ3v) is 4.44. The van der Waals surface area contributed by atoms with Crippen LogP contribution in [0.5, 0.6) is 23.0 Å². The molecule has 2 heterocycles. The molecular weight excluding hydrogens is 311 g/mol. The number of para-hydroxylation sites is 4. The van der Waals surface area contributed by atoms with Crippen molar-refractivity contribution >= 4 is 19.8 Å². The third-order valence-electron chi connectivity index (χ3n) is 4.44. The van der Waals surface area contributed by atoms with Crippen LogP contribution in [0, 0.1) is 13.8 Å². The Balaban J connectivity index is 0.00000157. The van der Waals surface area contributed by atoms with Gasteiger partial charge in [-0.1, -0.05) is 24.3 Å². The Morgan fingerprint density at radius 3 is 1.48 bits per heavy atom. The van der Waals surface area contributed by atoms with E-state index in [1.54, 1.807) is 0 Å². The lowest BCUT2D eigenvalue weighted by atomic mass is 10.1. The lowest BCUT2D eigenvalue weighted by Crippen LogP contribution is -2.25. The molecule has 3 aromatic rings. The van der Waals surface area contributed by atoms with Gasteiger partial charge in [0.1, 0.15) is 22.1 Å². The molecule has 0 atom stereocenters. The van der Waals surface area contributed by atoms with Crippen molar-refractivity contribution in [1.82, 2.24) is 0 Å². The van der Waals surface area contributed by atoms with Crippen LogP contribution in [0.25, 0.3) is 0 Å².